The number of carbonyl (C=O) groups is 1. The van der Waals surface area contributed by atoms with Crippen LogP contribution in [-0.4, -0.2) is 55.9 Å². The fraction of sp³-hybridized carbons (Fsp3) is 0.423. The molecule has 0 atom stereocenters. The topological polar surface area (TPSA) is 63.8 Å². The summed E-state index contributed by atoms with van der Waals surface area (Å²) in [5, 5.41) is 1.16. The number of aryl methyl sites for hydroxylation is 1. The van der Waals surface area contributed by atoms with E-state index in [2.05, 4.69) is 11.2 Å². The van der Waals surface area contributed by atoms with E-state index in [1.807, 2.05) is 23.1 Å². The number of hydrogen-bond acceptors (Lipinski definition) is 4. The predicted molar refractivity (Wildman–Crippen MR) is 126 cm³/mol. The van der Waals surface area contributed by atoms with Gasteiger partial charge in [0.2, 0.25) is 5.91 Å². The van der Waals surface area contributed by atoms with Gasteiger partial charge < -0.3 is 24.1 Å². The van der Waals surface area contributed by atoms with Gasteiger partial charge in [-0.3, -0.25) is 4.79 Å². The number of H-pyrrole nitrogens is 1. The molecule has 0 radical (unpaired) electrons. The number of nitrogens with zero attached hydrogens (tertiary/aromatic N) is 1. The Bertz CT molecular complexity index is 1170. The van der Waals surface area contributed by atoms with Gasteiger partial charge in [-0.05, 0) is 66.6 Å². The number of aromatic nitrogens is 1. The number of likely N-dealkylation sites (tertiary alicyclic amines) is 1. The van der Waals surface area contributed by atoms with E-state index in [0.717, 1.165) is 35.1 Å². The number of fused-ring (bicyclic) bond motifs is 1. The van der Waals surface area contributed by atoms with Crippen molar-refractivity contribution in [1.82, 2.24) is 9.88 Å². The number of aromatic amines is 1. The van der Waals surface area contributed by atoms with Crippen molar-refractivity contribution < 1.29 is 32.2 Å². The standard InChI is InChI=1S/C26H29F3N2O4/c1-33-19-5-6-22-20(14-19)21(15-30-22)18-9-11-31(12-10-18)25(32)8-4-17-3-7-23(24(13-17)34-2)35-16-26(27,28)29/h3,5-7,13-15,18,30H,4,8-12,16H2,1-2H3. The number of piperidine rings is 1. The zero-order valence-electron chi connectivity index (χ0n) is 19.8. The number of alkyl halides is 3. The Labute approximate surface area is 202 Å². The van der Waals surface area contributed by atoms with Gasteiger partial charge in [0.1, 0.15) is 5.75 Å². The number of halogens is 3. The number of hydrogen-bond donors (Lipinski definition) is 1. The van der Waals surface area contributed by atoms with E-state index in [9.17, 15) is 18.0 Å². The highest BCUT2D eigenvalue weighted by molar-refractivity contribution is 5.85. The number of nitrogens with one attached hydrogen (secondary N) is 1. The van der Waals surface area contributed by atoms with Crippen LogP contribution in [0.3, 0.4) is 0 Å². The average Bonchev–Trinajstić information content (AvgIpc) is 3.29. The van der Waals surface area contributed by atoms with Crippen molar-refractivity contribution in [3.8, 4) is 17.2 Å². The smallest absolute Gasteiger partial charge is 0.422 e. The van der Waals surface area contributed by atoms with Crippen molar-refractivity contribution >= 4 is 16.8 Å². The Kier molecular flexibility index (Phi) is 7.42. The van der Waals surface area contributed by atoms with E-state index in [4.69, 9.17) is 14.2 Å². The van der Waals surface area contributed by atoms with Crippen molar-refractivity contribution in [2.75, 3.05) is 33.9 Å². The van der Waals surface area contributed by atoms with Gasteiger partial charge in [-0.1, -0.05) is 6.07 Å². The molecule has 6 nitrogen and oxygen atoms in total. The molecule has 0 saturated carbocycles. The summed E-state index contributed by atoms with van der Waals surface area (Å²) < 4.78 is 52.6. The first-order valence-electron chi connectivity index (χ1n) is 11.6. The number of rotatable bonds is 8. The van der Waals surface area contributed by atoms with E-state index in [0.29, 0.717) is 31.8 Å². The van der Waals surface area contributed by atoms with Crippen LogP contribution in [0.2, 0.25) is 0 Å². The van der Waals surface area contributed by atoms with Gasteiger partial charge in [0.25, 0.3) is 0 Å². The summed E-state index contributed by atoms with van der Waals surface area (Å²) in [5.41, 5.74) is 3.13. The molecule has 1 fully saturated rings. The van der Waals surface area contributed by atoms with Crippen molar-refractivity contribution in [1.29, 1.82) is 0 Å². The molecular weight excluding hydrogens is 461 g/mol. The zero-order chi connectivity index (χ0) is 25.0. The monoisotopic (exact) mass is 490 g/mol. The largest absolute Gasteiger partial charge is 0.497 e. The maximum absolute atomic E-state index is 12.8. The first kappa shape index (κ1) is 24.8. The second-order valence-corrected chi connectivity index (χ2v) is 8.70. The van der Waals surface area contributed by atoms with Gasteiger partial charge in [0.05, 0.1) is 14.2 Å². The second-order valence-electron chi connectivity index (χ2n) is 8.70. The van der Waals surface area contributed by atoms with E-state index >= 15 is 0 Å². The maximum Gasteiger partial charge on any atom is 0.422 e. The van der Waals surface area contributed by atoms with Crippen LogP contribution in [-0.2, 0) is 11.2 Å². The molecule has 9 heteroatoms. The lowest BCUT2D eigenvalue weighted by Crippen LogP contribution is -2.38. The molecular formula is C26H29F3N2O4. The molecule has 0 aliphatic carbocycles. The van der Waals surface area contributed by atoms with E-state index in [1.54, 1.807) is 19.2 Å². The summed E-state index contributed by atoms with van der Waals surface area (Å²) in [6.45, 7) is -0.00932. The van der Waals surface area contributed by atoms with Crippen molar-refractivity contribution in [2.45, 2.75) is 37.8 Å². The minimum Gasteiger partial charge on any atom is -0.497 e. The molecule has 1 N–H and O–H groups in total. The van der Waals surface area contributed by atoms with Crippen molar-refractivity contribution in [3.63, 3.8) is 0 Å². The molecule has 0 unspecified atom stereocenters. The lowest BCUT2D eigenvalue weighted by atomic mass is 9.89. The fourth-order valence-electron chi connectivity index (χ4n) is 4.58. The molecule has 1 aliphatic rings. The first-order chi connectivity index (χ1) is 16.8. The Morgan fingerprint density at radius 2 is 1.83 bits per heavy atom. The van der Waals surface area contributed by atoms with Crippen LogP contribution < -0.4 is 14.2 Å². The van der Waals surface area contributed by atoms with Crippen LogP contribution in [0.1, 0.15) is 36.3 Å². The minimum atomic E-state index is -4.43. The van der Waals surface area contributed by atoms with Gasteiger partial charge >= 0.3 is 6.18 Å². The number of amides is 1. The highest BCUT2D eigenvalue weighted by Crippen LogP contribution is 2.35. The summed E-state index contributed by atoms with van der Waals surface area (Å²) in [5.74, 6) is 1.50. The van der Waals surface area contributed by atoms with Gasteiger partial charge in [0, 0.05) is 36.6 Å². The Hall–Kier alpha value is -3.36. The maximum atomic E-state index is 12.8. The SMILES string of the molecule is COc1ccc2[nH]cc(C3CCN(C(=O)CCc4ccc(OCC(F)(F)F)c(OC)c4)CC3)c2c1. The molecule has 35 heavy (non-hydrogen) atoms. The van der Waals surface area contributed by atoms with Crippen molar-refractivity contribution in [3.05, 3.63) is 53.7 Å². The Morgan fingerprint density at radius 1 is 1.06 bits per heavy atom. The van der Waals surface area contributed by atoms with Crippen molar-refractivity contribution in [2.24, 2.45) is 0 Å². The van der Waals surface area contributed by atoms with E-state index in [1.165, 1.54) is 18.7 Å². The van der Waals surface area contributed by atoms with E-state index in [-0.39, 0.29) is 17.4 Å². The molecule has 2 aromatic carbocycles. The summed E-state index contributed by atoms with van der Waals surface area (Å²) in [6, 6.07) is 10.7. The van der Waals surface area contributed by atoms with Crippen LogP contribution in [0.15, 0.2) is 42.6 Å². The van der Waals surface area contributed by atoms with Gasteiger partial charge in [-0.25, -0.2) is 0 Å². The van der Waals surface area contributed by atoms with Gasteiger partial charge in [0.15, 0.2) is 18.1 Å². The van der Waals surface area contributed by atoms with Gasteiger partial charge in [-0.2, -0.15) is 13.2 Å². The van der Waals surface area contributed by atoms with Crippen LogP contribution in [0.25, 0.3) is 10.9 Å². The van der Waals surface area contributed by atoms with Gasteiger partial charge in [-0.15, -0.1) is 0 Å². The molecule has 1 aliphatic heterocycles. The minimum absolute atomic E-state index is 0.0249. The van der Waals surface area contributed by atoms with Crippen LogP contribution >= 0.6 is 0 Å². The molecule has 0 spiro atoms. The second kappa shape index (κ2) is 10.5. The first-order valence-corrected chi connectivity index (χ1v) is 11.6. The third-order valence-electron chi connectivity index (χ3n) is 6.46. The van der Waals surface area contributed by atoms with Crippen LogP contribution in [0.4, 0.5) is 13.2 Å². The fourth-order valence-corrected chi connectivity index (χ4v) is 4.58. The number of carbonyl (C=O) groups excluding carboxylic acids is 1. The third kappa shape index (κ3) is 6.01. The van der Waals surface area contributed by atoms with Crippen LogP contribution in [0, 0.1) is 0 Å². The molecule has 2 heterocycles. The molecule has 3 aromatic rings. The highest BCUT2D eigenvalue weighted by Gasteiger charge is 2.29. The predicted octanol–water partition coefficient (Wildman–Crippen LogP) is 5.47. The summed E-state index contributed by atoms with van der Waals surface area (Å²) in [7, 11) is 3.03. The molecule has 0 bridgehead atoms. The summed E-state index contributed by atoms with van der Waals surface area (Å²) in [4.78, 5) is 18.0. The molecule has 4 rings (SSSR count). The Morgan fingerprint density at radius 3 is 2.51 bits per heavy atom. The number of benzene rings is 2. The Balaban J connectivity index is 1.31. The number of ether oxygens (including phenoxy) is 3. The lowest BCUT2D eigenvalue weighted by Gasteiger charge is -2.32. The quantitative estimate of drug-likeness (QED) is 0.455. The van der Waals surface area contributed by atoms with Crippen LogP contribution in [0.5, 0.6) is 17.2 Å². The molecule has 188 valence electrons. The average molecular weight is 491 g/mol. The van der Waals surface area contributed by atoms with E-state index < -0.39 is 12.8 Å². The summed E-state index contributed by atoms with van der Waals surface area (Å²) in [6.07, 6.45) is 0.189. The molecule has 1 amide bonds. The zero-order valence-corrected chi connectivity index (χ0v) is 19.8. The number of methoxy groups -OCH3 is 2. The molecule has 1 saturated heterocycles. The normalized spacial score (nSPS) is 14.8. The lowest BCUT2D eigenvalue weighted by molar-refractivity contribution is -0.153. The summed E-state index contributed by atoms with van der Waals surface area (Å²) >= 11 is 0. The molecule has 1 aromatic heterocycles. The third-order valence-corrected chi connectivity index (χ3v) is 6.46. The highest BCUT2D eigenvalue weighted by atomic mass is 19.4.